The second kappa shape index (κ2) is 9.72. The lowest BCUT2D eigenvalue weighted by molar-refractivity contribution is -0.755. The molecule has 3 N–H and O–H groups in total. The molecule has 5 rings (SSSR count). The Balaban J connectivity index is 1.27. The van der Waals surface area contributed by atoms with Crippen molar-refractivity contribution >= 4 is 29.2 Å². The fraction of sp³-hybridized carbons (Fsp3) is 0.160. The molecule has 2 heterocycles. The second-order valence-electron chi connectivity index (χ2n) is 8.41. The van der Waals surface area contributed by atoms with Crippen molar-refractivity contribution in [2.45, 2.75) is 25.1 Å². The predicted molar refractivity (Wildman–Crippen MR) is 126 cm³/mol. The number of benzene rings is 2. The largest absolute Gasteiger partial charge is 0.416 e. The molecule has 12 heteroatoms. The number of anilines is 3. The first kappa shape index (κ1) is 24.0. The van der Waals surface area contributed by atoms with Crippen LogP contribution in [0.25, 0.3) is 0 Å². The van der Waals surface area contributed by atoms with E-state index >= 15 is 0 Å². The second-order valence-corrected chi connectivity index (χ2v) is 8.41. The molecule has 1 aliphatic carbocycles. The number of rotatable bonds is 6. The van der Waals surface area contributed by atoms with Crippen LogP contribution in [0, 0.1) is 0 Å². The van der Waals surface area contributed by atoms with Crippen LogP contribution in [0.15, 0.2) is 77.6 Å². The first-order valence-corrected chi connectivity index (χ1v) is 11.2. The van der Waals surface area contributed by atoms with Crippen LogP contribution in [0.5, 0.6) is 0 Å². The molecule has 2 aromatic heterocycles. The highest BCUT2D eigenvalue weighted by Crippen LogP contribution is 2.37. The van der Waals surface area contributed by atoms with Crippen LogP contribution in [0.3, 0.4) is 0 Å². The molecule has 188 valence electrons. The topological polar surface area (TPSA) is 113 Å². The van der Waals surface area contributed by atoms with E-state index in [4.69, 9.17) is 4.52 Å². The van der Waals surface area contributed by atoms with Gasteiger partial charge in [0.1, 0.15) is 5.69 Å². The van der Waals surface area contributed by atoms with Crippen LogP contribution in [-0.2, 0) is 23.9 Å². The number of hydrogen-bond donors (Lipinski definition) is 3. The highest BCUT2D eigenvalue weighted by molar-refractivity contribution is 6.01. The summed E-state index contributed by atoms with van der Waals surface area (Å²) in [6, 6.07) is 14.7. The first-order valence-electron chi connectivity index (χ1n) is 11.2. The average Bonchev–Trinajstić information content (AvgIpc) is 3.26. The molecule has 0 spiro atoms. The van der Waals surface area contributed by atoms with Crippen molar-refractivity contribution in [1.82, 2.24) is 10.3 Å². The van der Waals surface area contributed by atoms with E-state index < -0.39 is 29.6 Å². The number of nitrogens with zero attached hydrogens (tertiary/aromatic N) is 3. The third-order valence-electron chi connectivity index (χ3n) is 5.75. The monoisotopic (exact) mass is 509 g/mol. The lowest BCUT2D eigenvalue weighted by Crippen LogP contribution is -2.35. The summed E-state index contributed by atoms with van der Waals surface area (Å²) in [4.78, 5) is 29.3. The zero-order valence-corrected chi connectivity index (χ0v) is 19.1. The Morgan fingerprint density at radius 2 is 1.76 bits per heavy atom. The van der Waals surface area contributed by atoms with Crippen LogP contribution < -0.4 is 20.6 Å². The third-order valence-corrected chi connectivity index (χ3v) is 5.75. The van der Waals surface area contributed by atoms with Gasteiger partial charge in [0.15, 0.2) is 0 Å². The van der Waals surface area contributed by atoms with Crippen molar-refractivity contribution in [3.63, 3.8) is 0 Å². The van der Waals surface area contributed by atoms with Gasteiger partial charge in [0.25, 0.3) is 6.20 Å². The Labute approximate surface area is 208 Å². The summed E-state index contributed by atoms with van der Waals surface area (Å²) in [6.07, 6.45) is -1.16. The van der Waals surface area contributed by atoms with Gasteiger partial charge in [-0.15, -0.1) is 0 Å². The van der Waals surface area contributed by atoms with Gasteiger partial charge in [0.05, 0.1) is 11.5 Å². The smallest absolute Gasteiger partial charge is 0.325 e. The van der Waals surface area contributed by atoms with Crippen molar-refractivity contribution in [3.05, 3.63) is 95.4 Å². The van der Waals surface area contributed by atoms with Crippen molar-refractivity contribution in [2.24, 2.45) is 0 Å². The van der Waals surface area contributed by atoms with E-state index in [9.17, 15) is 22.8 Å². The summed E-state index contributed by atoms with van der Waals surface area (Å²) in [6.45, 7) is 0.287. The van der Waals surface area contributed by atoms with Crippen molar-refractivity contribution in [1.29, 1.82) is 0 Å². The summed E-state index contributed by atoms with van der Waals surface area (Å²) in [5.74, 6) is -0.903. The van der Waals surface area contributed by atoms with Gasteiger partial charge in [0, 0.05) is 17.6 Å². The van der Waals surface area contributed by atoms with Gasteiger partial charge in [-0.2, -0.15) is 13.2 Å². The molecular weight excluding hydrogens is 489 g/mol. The Morgan fingerprint density at radius 3 is 2.49 bits per heavy atom. The molecule has 4 aromatic rings. The van der Waals surface area contributed by atoms with E-state index in [2.05, 4.69) is 26.2 Å². The van der Waals surface area contributed by atoms with E-state index in [0.29, 0.717) is 12.1 Å². The lowest BCUT2D eigenvalue weighted by Gasteiger charge is -2.29. The lowest BCUT2D eigenvalue weighted by atomic mass is 9.77. The minimum atomic E-state index is -4.70. The fourth-order valence-corrected chi connectivity index (χ4v) is 4.00. The van der Waals surface area contributed by atoms with E-state index in [1.54, 1.807) is 24.4 Å². The Hall–Kier alpha value is -4.74. The summed E-state index contributed by atoms with van der Waals surface area (Å²) >= 11 is 0. The van der Waals surface area contributed by atoms with Crippen molar-refractivity contribution in [2.75, 3.05) is 16.0 Å². The predicted octanol–water partition coefficient (Wildman–Crippen LogP) is 4.35. The molecule has 0 fully saturated rings. The molecule has 37 heavy (non-hydrogen) atoms. The van der Waals surface area contributed by atoms with Gasteiger partial charge in [-0.1, -0.05) is 30.3 Å². The van der Waals surface area contributed by atoms with Gasteiger partial charge in [0.2, 0.25) is 17.7 Å². The number of pyridine rings is 1. The van der Waals surface area contributed by atoms with Crippen LogP contribution >= 0.6 is 0 Å². The molecule has 0 saturated carbocycles. The molecular formula is C25H20F3N6O3+. The highest BCUT2D eigenvalue weighted by Gasteiger charge is 2.34. The number of urea groups is 1. The summed E-state index contributed by atoms with van der Waals surface area (Å²) < 4.78 is 47.0. The van der Waals surface area contributed by atoms with Gasteiger partial charge in [-0.05, 0) is 52.6 Å². The minimum absolute atomic E-state index is 0.0300. The van der Waals surface area contributed by atoms with Crippen LogP contribution in [0.1, 0.15) is 28.3 Å². The number of fused-ring (bicyclic) bond motifs is 1. The molecule has 3 amide bonds. The summed E-state index contributed by atoms with van der Waals surface area (Å²) in [5, 5.41) is 11.0. The zero-order valence-electron chi connectivity index (χ0n) is 19.1. The number of carbonyl (C=O) groups excluding carboxylic acids is 2. The highest BCUT2D eigenvalue weighted by atomic mass is 19.4. The standard InChI is InChI=1S/C25H19F3N6O3/c26-25(27,28)16-10-18(30-23(35)21-9-15-5-1-2-7-20(15)21)12-19(11-16)31-24(36)32-22-14-34(33-37-22)13-17-6-3-4-8-29-17/h1-8,10-12,14,21H,9,13H2,(H2-,30,31,32,33,35,36)/p+1. The summed E-state index contributed by atoms with van der Waals surface area (Å²) in [5.41, 5.74) is 1.30. The number of hydrogen-bond acceptors (Lipinski definition) is 5. The first-order chi connectivity index (χ1) is 17.7. The van der Waals surface area contributed by atoms with Gasteiger partial charge >= 0.3 is 18.1 Å². The number of carbonyl (C=O) groups is 2. The number of alkyl halides is 3. The maximum Gasteiger partial charge on any atom is 0.416 e. The Bertz CT molecular complexity index is 1460. The quantitative estimate of drug-likeness (QED) is 0.335. The van der Waals surface area contributed by atoms with Crippen LogP contribution in [0.4, 0.5) is 35.2 Å². The van der Waals surface area contributed by atoms with E-state index in [1.807, 2.05) is 24.3 Å². The molecule has 2 aromatic carbocycles. The summed E-state index contributed by atoms with van der Waals surface area (Å²) in [7, 11) is 0. The molecule has 1 aliphatic rings. The van der Waals surface area contributed by atoms with Crippen LogP contribution in [-0.4, -0.2) is 22.2 Å². The van der Waals surface area contributed by atoms with Gasteiger partial charge < -0.3 is 10.6 Å². The molecule has 1 unspecified atom stereocenters. The van der Waals surface area contributed by atoms with Crippen molar-refractivity contribution in [3.8, 4) is 0 Å². The molecule has 0 bridgehead atoms. The molecule has 1 atom stereocenters. The number of aromatic nitrogens is 3. The molecule has 0 saturated heterocycles. The van der Waals surface area contributed by atoms with E-state index in [-0.39, 0.29) is 23.8 Å². The minimum Gasteiger partial charge on any atom is -0.325 e. The molecule has 0 radical (unpaired) electrons. The normalized spacial score (nSPS) is 14.3. The Kier molecular flexibility index (Phi) is 6.30. The number of nitrogens with one attached hydrogen (secondary N) is 3. The van der Waals surface area contributed by atoms with Crippen molar-refractivity contribution < 1.29 is 32.0 Å². The number of amides is 3. The van der Waals surface area contributed by atoms with Gasteiger partial charge in [-0.25, -0.2) is 4.79 Å². The zero-order chi connectivity index (χ0) is 26.0. The molecule has 0 aliphatic heterocycles. The molecule has 9 nitrogen and oxygen atoms in total. The fourth-order valence-electron chi connectivity index (χ4n) is 4.00. The third kappa shape index (κ3) is 5.58. The van der Waals surface area contributed by atoms with Crippen LogP contribution in [0.2, 0.25) is 0 Å². The van der Waals surface area contributed by atoms with E-state index in [0.717, 1.165) is 23.3 Å². The Morgan fingerprint density at radius 1 is 1.00 bits per heavy atom. The maximum atomic E-state index is 13.5. The number of halogens is 3. The van der Waals surface area contributed by atoms with E-state index in [1.165, 1.54) is 16.9 Å². The maximum absolute atomic E-state index is 13.5. The van der Waals surface area contributed by atoms with Gasteiger partial charge in [-0.3, -0.25) is 19.6 Å². The SMILES string of the molecule is O=C(Nc1cc(NC(=O)C2Cc3ccccc32)cc(C(F)(F)F)c1)Nc1c[n+](Cc2ccccn2)no1. The average molecular weight is 509 g/mol.